The van der Waals surface area contributed by atoms with Crippen molar-refractivity contribution in [2.75, 3.05) is 0 Å². The highest BCUT2D eigenvalue weighted by Gasteiger charge is 2.34. The molecule has 0 aromatic carbocycles. The molecule has 11 heavy (non-hydrogen) atoms. The van der Waals surface area contributed by atoms with E-state index in [1.165, 1.54) is 13.0 Å². The minimum Gasteiger partial charge on any atom is -0.389 e. The Kier molecular flexibility index (Phi) is 2.32. The third-order valence-corrected chi connectivity index (χ3v) is 2.14. The summed E-state index contributed by atoms with van der Waals surface area (Å²) in [5.41, 5.74) is 0.301. The van der Waals surface area contributed by atoms with Gasteiger partial charge in [0.25, 0.3) is 0 Å². The Morgan fingerprint density at radius 2 is 2.27 bits per heavy atom. The van der Waals surface area contributed by atoms with Gasteiger partial charge in [-0.2, -0.15) is 0 Å². The molecule has 0 heterocycles. The van der Waals surface area contributed by atoms with Crippen molar-refractivity contribution in [3.8, 4) is 0 Å². The van der Waals surface area contributed by atoms with Crippen LogP contribution in [0.5, 0.6) is 0 Å². The fourth-order valence-corrected chi connectivity index (χ4v) is 1.23. The largest absolute Gasteiger partial charge is 0.389 e. The van der Waals surface area contributed by atoms with Crippen molar-refractivity contribution in [3.05, 3.63) is 11.6 Å². The molecule has 3 atom stereocenters. The van der Waals surface area contributed by atoms with Crippen LogP contribution >= 0.6 is 11.6 Å². The zero-order valence-corrected chi connectivity index (χ0v) is 6.75. The Hall–Kier alpha value is -0.380. The molecular formula is C7H9ClO3. The fourth-order valence-electron chi connectivity index (χ4n) is 1.02. The van der Waals surface area contributed by atoms with Gasteiger partial charge in [-0.1, -0.05) is 0 Å². The number of allylic oxidation sites excluding steroid dienone is 1. The average Bonchev–Trinajstić information content (AvgIpc) is 2.17. The Bertz CT molecular complexity index is 210. The van der Waals surface area contributed by atoms with E-state index in [0.29, 0.717) is 5.57 Å². The number of hydrogen-bond acceptors (Lipinski definition) is 3. The lowest BCUT2D eigenvalue weighted by Crippen LogP contribution is -2.25. The van der Waals surface area contributed by atoms with Crippen LogP contribution in [0.1, 0.15) is 6.92 Å². The Labute approximate surface area is 69.3 Å². The molecule has 4 heteroatoms. The molecule has 1 rings (SSSR count). The first-order valence-electron chi connectivity index (χ1n) is 3.29. The molecule has 0 aromatic heterocycles. The van der Waals surface area contributed by atoms with Gasteiger partial charge >= 0.3 is 0 Å². The first kappa shape index (κ1) is 8.71. The summed E-state index contributed by atoms with van der Waals surface area (Å²) in [4.78, 5) is 10.8. The van der Waals surface area contributed by atoms with Gasteiger partial charge in [-0.05, 0) is 18.6 Å². The van der Waals surface area contributed by atoms with E-state index in [4.69, 9.17) is 16.7 Å². The van der Waals surface area contributed by atoms with Gasteiger partial charge in [-0.3, -0.25) is 4.79 Å². The van der Waals surface area contributed by atoms with Gasteiger partial charge in [0.2, 0.25) is 0 Å². The molecule has 0 fully saturated rings. The summed E-state index contributed by atoms with van der Waals surface area (Å²) >= 11 is 5.49. The first-order valence-corrected chi connectivity index (χ1v) is 3.73. The van der Waals surface area contributed by atoms with Crippen molar-refractivity contribution in [2.45, 2.75) is 24.5 Å². The first-order chi connectivity index (χ1) is 5.04. The van der Waals surface area contributed by atoms with Crippen LogP contribution in [0.3, 0.4) is 0 Å². The Balaban J connectivity index is 2.83. The summed E-state index contributed by atoms with van der Waals surface area (Å²) in [7, 11) is 0. The number of alkyl halides is 1. The van der Waals surface area contributed by atoms with Gasteiger partial charge in [0, 0.05) is 0 Å². The second kappa shape index (κ2) is 2.93. The molecule has 1 unspecified atom stereocenters. The lowest BCUT2D eigenvalue weighted by atomic mass is 10.1. The van der Waals surface area contributed by atoms with Crippen LogP contribution in [0.25, 0.3) is 0 Å². The number of halogens is 1. The number of ketones is 1. The van der Waals surface area contributed by atoms with Gasteiger partial charge in [0.05, 0.1) is 6.10 Å². The molecule has 0 bridgehead atoms. The van der Waals surface area contributed by atoms with Gasteiger partial charge in [0.1, 0.15) is 11.5 Å². The van der Waals surface area contributed by atoms with Crippen molar-refractivity contribution < 1.29 is 15.0 Å². The topological polar surface area (TPSA) is 57.5 Å². The molecule has 0 amide bonds. The zero-order chi connectivity index (χ0) is 8.59. The Morgan fingerprint density at radius 3 is 2.45 bits per heavy atom. The normalized spacial score (nSPS) is 33.8. The highest BCUT2D eigenvalue weighted by Crippen LogP contribution is 2.23. The standard InChI is InChI=1S/C7H9ClO3/c1-3(9)4-2-5(10)6(8)7(4)11/h2-3,6-7,9,11H,1H3/t3?,6-,7+/m1/s1. The number of rotatable bonds is 1. The fraction of sp³-hybridized carbons (Fsp3) is 0.571. The molecule has 2 N–H and O–H groups in total. The highest BCUT2D eigenvalue weighted by atomic mass is 35.5. The smallest absolute Gasteiger partial charge is 0.176 e. The molecule has 0 spiro atoms. The van der Waals surface area contributed by atoms with Crippen LogP contribution in [-0.4, -0.2) is 33.6 Å². The van der Waals surface area contributed by atoms with Gasteiger partial charge in [-0.25, -0.2) is 0 Å². The van der Waals surface area contributed by atoms with Crippen LogP contribution in [0.15, 0.2) is 11.6 Å². The van der Waals surface area contributed by atoms with Gasteiger partial charge in [0.15, 0.2) is 5.78 Å². The van der Waals surface area contributed by atoms with Crippen LogP contribution in [-0.2, 0) is 4.79 Å². The zero-order valence-electron chi connectivity index (χ0n) is 5.99. The van der Waals surface area contributed by atoms with Gasteiger partial charge < -0.3 is 10.2 Å². The lowest BCUT2D eigenvalue weighted by molar-refractivity contribution is -0.114. The van der Waals surface area contributed by atoms with Crippen molar-refractivity contribution in [3.63, 3.8) is 0 Å². The van der Waals surface area contributed by atoms with E-state index < -0.39 is 17.6 Å². The Morgan fingerprint density at radius 1 is 1.73 bits per heavy atom. The molecule has 62 valence electrons. The van der Waals surface area contributed by atoms with E-state index in [-0.39, 0.29) is 5.78 Å². The van der Waals surface area contributed by atoms with E-state index in [1.54, 1.807) is 0 Å². The monoisotopic (exact) mass is 176 g/mol. The molecule has 0 radical (unpaired) electrons. The predicted octanol–water partition coefficient (Wildman–Crippen LogP) is -0.155. The summed E-state index contributed by atoms with van der Waals surface area (Å²) in [6, 6.07) is 0. The van der Waals surface area contributed by atoms with E-state index in [0.717, 1.165) is 0 Å². The molecule has 0 aliphatic heterocycles. The summed E-state index contributed by atoms with van der Waals surface area (Å²) in [5.74, 6) is -0.338. The van der Waals surface area contributed by atoms with E-state index in [9.17, 15) is 9.90 Å². The summed E-state index contributed by atoms with van der Waals surface area (Å²) < 4.78 is 0. The van der Waals surface area contributed by atoms with Crippen molar-refractivity contribution in [1.82, 2.24) is 0 Å². The summed E-state index contributed by atoms with van der Waals surface area (Å²) in [6.45, 7) is 1.48. The number of aliphatic hydroxyl groups excluding tert-OH is 2. The third kappa shape index (κ3) is 1.45. The highest BCUT2D eigenvalue weighted by molar-refractivity contribution is 6.34. The number of carbonyl (C=O) groups excluding carboxylic acids is 1. The second-order valence-electron chi connectivity index (χ2n) is 2.57. The van der Waals surface area contributed by atoms with E-state index in [2.05, 4.69) is 0 Å². The minimum absolute atomic E-state index is 0.301. The maximum atomic E-state index is 10.8. The van der Waals surface area contributed by atoms with Crippen molar-refractivity contribution in [2.24, 2.45) is 0 Å². The van der Waals surface area contributed by atoms with Crippen LogP contribution in [0.4, 0.5) is 0 Å². The quantitative estimate of drug-likeness (QED) is 0.546. The molecule has 0 aromatic rings. The van der Waals surface area contributed by atoms with Crippen LogP contribution < -0.4 is 0 Å². The maximum absolute atomic E-state index is 10.8. The lowest BCUT2D eigenvalue weighted by Gasteiger charge is -2.12. The number of hydrogen-bond donors (Lipinski definition) is 2. The van der Waals surface area contributed by atoms with E-state index in [1.807, 2.05) is 0 Å². The summed E-state index contributed by atoms with van der Waals surface area (Å²) in [6.07, 6.45) is -0.630. The van der Waals surface area contributed by atoms with Crippen molar-refractivity contribution >= 4 is 17.4 Å². The minimum atomic E-state index is -1.02. The van der Waals surface area contributed by atoms with E-state index >= 15 is 0 Å². The van der Waals surface area contributed by atoms with Crippen LogP contribution in [0.2, 0.25) is 0 Å². The third-order valence-electron chi connectivity index (χ3n) is 1.68. The van der Waals surface area contributed by atoms with Crippen molar-refractivity contribution in [1.29, 1.82) is 0 Å². The summed E-state index contributed by atoms with van der Waals surface area (Å²) in [5, 5.41) is 17.3. The molecule has 1 aliphatic rings. The number of carbonyl (C=O) groups is 1. The molecule has 0 saturated heterocycles. The average molecular weight is 177 g/mol. The predicted molar refractivity (Wildman–Crippen MR) is 40.4 cm³/mol. The SMILES string of the molecule is CC(O)C1=CC(=O)[C@@H](Cl)[C@H]1O. The number of aliphatic hydroxyl groups is 2. The maximum Gasteiger partial charge on any atom is 0.176 e. The molecule has 3 nitrogen and oxygen atoms in total. The van der Waals surface area contributed by atoms with Crippen LogP contribution in [0, 0.1) is 0 Å². The molecule has 0 saturated carbocycles. The van der Waals surface area contributed by atoms with Gasteiger partial charge in [-0.15, -0.1) is 11.6 Å². The molecular weight excluding hydrogens is 168 g/mol. The second-order valence-corrected chi connectivity index (χ2v) is 3.04. The molecule has 1 aliphatic carbocycles.